The van der Waals surface area contributed by atoms with Crippen LogP contribution in [0.25, 0.3) is 0 Å². The lowest BCUT2D eigenvalue weighted by Crippen LogP contribution is -1.80. The molecule has 0 aliphatic heterocycles. The second-order valence-corrected chi connectivity index (χ2v) is 2.98. The zero-order chi connectivity index (χ0) is 6.24. The highest BCUT2D eigenvalue weighted by Crippen LogP contribution is 2.04. The Hall–Kier alpha value is 0.415. The molecule has 0 atom stereocenters. The lowest BCUT2D eigenvalue weighted by atomic mass is 10.0. The zero-order valence-electron chi connectivity index (χ0n) is 5.52. The minimum atomic E-state index is 0.844. The lowest BCUT2D eigenvalue weighted by molar-refractivity contribution is 1.07. The highest BCUT2D eigenvalue weighted by Gasteiger charge is 1.83. The van der Waals surface area contributed by atoms with Gasteiger partial charge in [0.15, 0.2) is 0 Å². The van der Waals surface area contributed by atoms with E-state index in [4.69, 9.17) is 7.85 Å². The zero-order valence-corrected chi connectivity index (χ0v) is 6.34. The van der Waals surface area contributed by atoms with E-state index in [2.05, 4.69) is 6.92 Å². The molecule has 0 aromatic heterocycles. The maximum Gasteiger partial charge on any atom is 0.0653 e. The summed E-state index contributed by atoms with van der Waals surface area (Å²) in [6, 6.07) is 0. The molecular formula is C6H13BS. The first-order valence-electron chi connectivity index (χ1n) is 3.19. The van der Waals surface area contributed by atoms with E-state index in [1.54, 1.807) is 0 Å². The van der Waals surface area contributed by atoms with Gasteiger partial charge in [-0.05, 0) is 17.9 Å². The fourth-order valence-electron chi connectivity index (χ4n) is 0.432. The largest absolute Gasteiger partial charge is 0.162 e. The van der Waals surface area contributed by atoms with E-state index in [0.29, 0.717) is 0 Å². The maximum absolute atomic E-state index is 5.30. The van der Waals surface area contributed by atoms with Crippen LogP contribution >= 0.6 is 11.8 Å². The molecule has 0 spiro atoms. The van der Waals surface area contributed by atoms with Gasteiger partial charge in [0.2, 0.25) is 0 Å². The summed E-state index contributed by atoms with van der Waals surface area (Å²) in [4.78, 5) is 0. The van der Waals surface area contributed by atoms with Gasteiger partial charge in [0.1, 0.15) is 0 Å². The van der Waals surface area contributed by atoms with E-state index in [9.17, 15) is 0 Å². The molecule has 2 radical (unpaired) electrons. The average Bonchev–Trinajstić information content (AvgIpc) is 1.81. The van der Waals surface area contributed by atoms with Crippen molar-refractivity contribution in [2.45, 2.75) is 26.1 Å². The van der Waals surface area contributed by atoms with Crippen LogP contribution in [0.15, 0.2) is 0 Å². The third-order valence-corrected chi connectivity index (χ3v) is 2.12. The van der Waals surface area contributed by atoms with Gasteiger partial charge in [0.25, 0.3) is 0 Å². The summed E-state index contributed by atoms with van der Waals surface area (Å²) in [5, 5.41) is 0. The summed E-state index contributed by atoms with van der Waals surface area (Å²) in [6.07, 6.45) is 3.30. The van der Waals surface area contributed by atoms with Gasteiger partial charge in [-0.3, -0.25) is 0 Å². The summed E-state index contributed by atoms with van der Waals surface area (Å²) in [5.74, 6) is 2.53. The van der Waals surface area contributed by atoms with E-state index in [-0.39, 0.29) is 0 Å². The molecule has 0 aliphatic carbocycles. The molecule has 0 aromatic carbocycles. The minimum absolute atomic E-state index is 0.844. The SMILES string of the molecule is [B]CCCSCCC. The summed E-state index contributed by atoms with van der Waals surface area (Å²) in [6.45, 7) is 2.20. The van der Waals surface area contributed by atoms with Crippen molar-refractivity contribution in [1.82, 2.24) is 0 Å². The molecule has 0 heterocycles. The second kappa shape index (κ2) is 7.41. The van der Waals surface area contributed by atoms with E-state index in [0.717, 1.165) is 6.32 Å². The van der Waals surface area contributed by atoms with Crippen molar-refractivity contribution in [3.63, 3.8) is 0 Å². The summed E-state index contributed by atoms with van der Waals surface area (Å²) in [5.41, 5.74) is 0. The van der Waals surface area contributed by atoms with Crippen LogP contribution in [0.1, 0.15) is 19.8 Å². The van der Waals surface area contributed by atoms with E-state index >= 15 is 0 Å². The molecule has 0 N–H and O–H groups in total. The molecule has 0 unspecified atom stereocenters. The topological polar surface area (TPSA) is 0 Å². The van der Waals surface area contributed by atoms with Crippen LogP contribution in [0, 0.1) is 0 Å². The molecule has 0 fully saturated rings. The van der Waals surface area contributed by atoms with Crippen molar-refractivity contribution in [1.29, 1.82) is 0 Å². The quantitative estimate of drug-likeness (QED) is 0.403. The first-order valence-corrected chi connectivity index (χ1v) is 4.35. The third-order valence-electron chi connectivity index (χ3n) is 0.841. The molecule has 0 amide bonds. The van der Waals surface area contributed by atoms with Crippen LogP contribution in [-0.4, -0.2) is 19.4 Å². The molecule has 0 saturated carbocycles. The number of rotatable bonds is 5. The Morgan fingerprint density at radius 1 is 1.38 bits per heavy atom. The Morgan fingerprint density at radius 3 is 2.62 bits per heavy atom. The Bertz CT molecular complexity index is 33.5. The van der Waals surface area contributed by atoms with Crippen LogP contribution < -0.4 is 0 Å². The maximum atomic E-state index is 5.30. The standard InChI is InChI=1S/C6H13BS/c1-2-5-8-6-3-4-7/h2-6H2,1H3. The molecule has 0 saturated heterocycles. The Kier molecular flexibility index (Phi) is 7.80. The van der Waals surface area contributed by atoms with Crippen molar-refractivity contribution < 1.29 is 0 Å². The summed E-state index contributed by atoms with van der Waals surface area (Å²) >= 11 is 2.00. The average molecular weight is 128 g/mol. The molecule has 0 rings (SSSR count). The smallest absolute Gasteiger partial charge is 0.0653 e. The van der Waals surface area contributed by atoms with Crippen LogP contribution in [0.3, 0.4) is 0 Å². The van der Waals surface area contributed by atoms with Gasteiger partial charge in [-0.15, -0.1) is 0 Å². The molecule has 0 nitrogen and oxygen atoms in total. The molecule has 0 bridgehead atoms. The summed E-state index contributed by atoms with van der Waals surface area (Å²) < 4.78 is 0. The highest BCUT2D eigenvalue weighted by atomic mass is 32.2. The van der Waals surface area contributed by atoms with Gasteiger partial charge in [-0.2, -0.15) is 11.8 Å². The number of thioether (sulfide) groups is 1. The fourth-order valence-corrected chi connectivity index (χ4v) is 1.30. The van der Waals surface area contributed by atoms with Crippen LogP contribution in [0.5, 0.6) is 0 Å². The lowest BCUT2D eigenvalue weighted by Gasteiger charge is -1.94. The summed E-state index contributed by atoms with van der Waals surface area (Å²) in [7, 11) is 5.30. The second-order valence-electron chi connectivity index (χ2n) is 1.75. The monoisotopic (exact) mass is 128 g/mol. The Morgan fingerprint density at radius 2 is 2.12 bits per heavy atom. The molecular weight excluding hydrogens is 115 g/mol. The Labute approximate surface area is 57.8 Å². The van der Waals surface area contributed by atoms with Gasteiger partial charge in [0.05, 0.1) is 7.85 Å². The number of hydrogen-bond acceptors (Lipinski definition) is 1. The van der Waals surface area contributed by atoms with Crippen molar-refractivity contribution in [3.05, 3.63) is 0 Å². The normalized spacial score (nSPS) is 9.62. The van der Waals surface area contributed by atoms with Crippen molar-refractivity contribution in [2.24, 2.45) is 0 Å². The first-order chi connectivity index (χ1) is 3.91. The Balaban J connectivity index is 2.53. The molecule has 0 aromatic rings. The first kappa shape index (κ1) is 8.41. The molecule has 46 valence electrons. The highest BCUT2D eigenvalue weighted by molar-refractivity contribution is 7.99. The third kappa shape index (κ3) is 6.41. The predicted molar refractivity (Wildman–Crippen MR) is 42.8 cm³/mol. The van der Waals surface area contributed by atoms with Gasteiger partial charge < -0.3 is 0 Å². The van der Waals surface area contributed by atoms with Gasteiger partial charge >= 0.3 is 0 Å². The predicted octanol–water partition coefficient (Wildman–Crippen LogP) is 2.11. The van der Waals surface area contributed by atoms with Gasteiger partial charge in [0, 0.05) is 0 Å². The number of hydrogen-bond donors (Lipinski definition) is 0. The van der Waals surface area contributed by atoms with E-state index in [1.165, 1.54) is 24.3 Å². The van der Waals surface area contributed by atoms with Gasteiger partial charge in [-0.25, -0.2) is 0 Å². The molecule has 0 aliphatic rings. The van der Waals surface area contributed by atoms with Gasteiger partial charge in [-0.1, -0.05) is 19.7 Å². The van der Waals surface area contributed by atoms with E-state index < -0.39 is 0 Å². The fraction of sp³-hybridized carbons (Fsp3) is 1.00. The van der Waals surface area contributed by atoms with Crippen molar-refractivity contribution in [2.75, 3.05) is 11.5 Å². The van der Waals surface area contributed by atoms with E-state index in [1.807, 2.05) is 11.8 Å². The molecule has 8 heavy (non-hydrogen) atoms. The molecule has 2 heteroatoms. The van der Waals surface area contributed by atoms with Crippen molar-refractivity contribution >= 4 is 19.6 Å². The van der Waals surface area contributed by atoms with Crippen LogP contribution in [0.4, 0.5) is 0 Å². The minimum Gasteiger partial charge on any atom is -0.162 e. The van der Waals surface area contributed by atoms with Crippen molar-refractivity contribution in [3.8, 4) is 0 Å². The van der Waals surface area contributed by atoms with Crippen LogP contribution in [-0.2, 0) is 0 Å². The van der Waals surface area contributed by atoms with Crippen LogP contribution in [0.2, 0.25) is 6.32 Å².